The van der Waals surface area contributed by atoms with E-state index in [0.29, 0.717) is 35.9 Å². The first kappa shape index (κ1) is 71.6. The standard InChI is InChI=1S/C19H15ClF3NO7.C14H20ClNO2.C11H11Cl2NO2.C3H8NO5P.C3H9S/c1-3-29-17(25)10(2)30-18(26)13-9-12(5-6-15(13)24(27)28)31-16-7-4-11(8-14(16)20)19(21,22)23;1-4-12-8-6-7-11(3)14(12)16(10-18-5-2)13(17)9-15;1-7-6-16-9-5-3-2-4-8(9)14(7)11(15)10(12)13;5-3(6)1-4-2-10(7,8)9;1-4(2)3/h4-10H,3H2,1-2H3;6-8H,4-5,9-10H2,1-3H3;2-5,7,10H,6H2,1H3;4H,1-2H2,(H,5,6)(H2,7,8,9);1-3H3/q;;;;+1/p-1. The lowest BCUT2D eigenvalue weighted by Crippen LogP contribution is -2.47. The number of amides is 2. The Balaban J connectivity index is 0.000000554. The van der Waals surface area contributed by atoms with Crippen LogP contribution in [0.25, 0.3) is 0 Å². The molecule has 0 fully saturated rings. The van der Waals surface area contributed by atoms with Gasteiger partial charge < -0.3 is 48.0 Å². The number of hydrogen-bond donors (Lipinski definition) is 3. The van der Waals surface area contributed by atoms with Gasteiger partial charge in [0.1, 0.15) is 49.6 Å². The molecular weight excluding hydrogens is 1170 g/mol. The number of hydrogen-bond acceptors (Lipinski definition) is 15. The molecule has 2 amide bonds. The van der Waals surface area contributed by atoms with Crippen LogP contribution in [-0.2, 0) is 61.4 Å². The summed E-state index contributed by atoms with van der Waals surface area (Å²) in [5.74, 6) is -3.33. The number of para-hydroxylation sites is 3. The van der Waals surface area contributed by atoms with Crippen molar-refractivity contribution in [1.29, 1.82) is 0 Å². The number of carbonyl (C=O) groups is 5. The quantitative estimate of drug-likeness (QED) is 0.0159. The third kappa shape index (κ3) is 25.7. The summed E-state index contributed by atoms with van der Waals surface area (Å²) in [4.78, 5) is 88.2. The fraction of sp³-hybridized carbons (Fsp3) is 0.420. The topological polar surface area (TPSA) is 274 Å². The van der Waals surface area contributed by atoms with E-state index in [0.717, 1.165) is 59.3 Å². The molecule has 0 saturated carbocycles. The molecule has 4 aromatic carbocycles. The molecule has 3 N–H and O–H groups in total. The minimum absolute atomic E-state index is 0.0371. The van der Waals surface area contributed by atoms with Crippen LogP contribution in [0.15, 0.2) is 78.9 Å². The molecule has 0 aromatic heterocycles. The zero-order valence-corrected chi connectivity index (χ0v) is 49.1. The molecule has 0 bridgehead atoms. The zero-order chi connectivity index (χ0) is 60.4. The van der Waals surface area contributed by atoms with Gasteiger partial charge in [-0.15, -0.1) is 11.6 Å². The normalized spacial score (nSPS) is 13.5. The average molecular weight is 1240 g/mol. The van der Waals surface area contributed by atoms with E-state index < -0.39 is 77.2 Å². The number of carboxylic acid groups (broad SMARTS) is 1. The number of carbonyl (C=O) groups excluding carboxylic acids is 4. The van der Waals surface area contributed by atoms with Gasteiger partial charge in [-0.25, -0.2) is 9.59 Å². The van der Waals surface area contributed by atoms with Crippen LogP contribution in [0.1, 0.15) is 61.7 Å². The van der Waals surface area contributed by atoms with E-state index in [4.69, 9.17) is 80.1 Å². The molecule has 0 spiro atoms. The van der Waals surface area contributed by atoms with Crippen LogP contribution in [0, 0.1) is 17.0 Å². The Morgan fingerprint density at radius 2 is 1.63 bits per heavy atom. The number of rotatable bonds is 18. The monoisotopic (exact) mass is 1230 g/mol. The Kier molecular flexibility index (Phi) is 32.1. The highest BCUT2D eigenvalue weighted by Crippen LogP contribution is 2.38. The third-order valence-corrected chi connectivity index (χ3v) is 11.2. The van der Waals surface area contributed by atoms with Crippen molar-refractivity contribution in [2.75, 3.05) is 73.8 Å². The lowest BCUT2D eigenvalue weighted by molar-refractivity contribution is -0.385. The average Bonchev–Trinajstić information content (AvgIpc) is 3.37. The lowest BCUT2D eigenvalue weighted by atomic mass is 10.0. The van der Waals surface area contributed by atoms with Crippen molar-refractivity contribution in [3.05, 3.63) is 116 Å². The molecule has 5 rings (SSSR count). The van der Waals surface area contributed by atoms with E-state index in [1.54, 1.807) is 16.7 Å². The second-order valence-electron chi connectivity index (χ2n) is 16.5. The van der Waals surface area contributed by atoms with Crippen LogP contribution >= 0.6 is 54.0 Å². The number of halogens is 7. The van der Waals surface area contributed by atoms with Gasteiger partial charge in [-0.2, -0.15) is 13.2 Å². The first-order chi connectivity index (χ1) is 36.8. The predicted octanol–water partition coefficient (Wildman–Crippen LogP) is 9.55. The summed E-state index contributed by atoms with van der Waals surface area (Å²) in [6.07, 6.45) is 0.803. The van der Waals surface area contributed by atoms with Gasteiger partial charge in [0.15, 0.2) is 10.9 Å². The fourth-order valence-electron chi connectivity index (χ4n) is 6.27. The molecule has 1 aliphatic heterocycles. The van der Waals surface area contributed by atoms with Gasteiger partial charge in [-0.1, -0.05) is 72.1 Å². The summed E-state index contributed by atoms with van der Waals surface area (Å²) < 4.78 is 74.1. The Hall–Kier alpha value is -5.40. The first-order valence-corrected chi connectivity index (χ1v) is 29.4. The number of nitrogens with zero attached hydrogens (tertiary/aromatic N) is 3. The van der Waals surface area contributed by atoms with Crippen LogP contribution in [0.3, 0.4) is 0 Å². The minimum Gasteiger partial charge on any atom is -0.778 e. The number of nitro groups is 1. The summed E-state index contributed by atoms with van der Waals surface area (Å²) in [6.45, 7) is 11.5. The summed E-state index contributed by atoms with van der Waals surface area (Å²) in [6, 6.07) is 18.7. The van der Waals surface area contributed by atoms with E-state index in [1.165, 1.54) is 6.92 Å². The number of alkyl halides is 6. The van der Waals surface area contributed by atoms with E-state index in [-0.39, 0.29) is 53.6 Å². The zero-order valence-electron chi connectivity index (χ0n) is 44.3. The highest BCUT2D eigenvalue weighted by molar-refractivity contribution is 7.94. The molecule has 0 aliphatic carbocycles. The van der Waals surface area contributed by atoms with Crippen molar-refractivity contribution in [2.24, 2.45) is 0 Å². The van der Waals surface area contributed by atoms with Crippen LogP contribution in [0.5, 0.6) is 17.2 Å². The molecule has 29 heteroatoms. The second-order valence-corrected chi connectivity index (χ2v) is 22.3. The number of carboxylic acids is 1. The minimum atomic E-state index is -4.61. The number of aliphatic carboxylic acids is 1. The number of aryl methyl sites for hydroxylation is 2. The first-order valence-electron chi connectivity index (χ1n) is 23.4. The van der Waals surface area contributed by atoms with Crippen molar-refractivity contribution in [1.82, 2.24) is 5.32 Å². The molecule has 3 unspecified atom stereocenters. The van der Waals surface area contributed by atoms with Gasteiger partial charge in [0.05, 0.1) is 71.1 Å². The molecule has 79 heavy (non-hydrogen) atoms. The summed E-state index contributed by atoms with van der Waals surface area (Å²) >= 11 is 22.8. The highest BCUT2D eigenvalue weighted by Gasteiger charge is 2.33. The van der Waals surface area contributed by atoms with Gasteiger partial charge in [0, 0.05) is 18.7 Å². The number of fused-ring (bicyclic) bond motifs is 1. The van der Waals surface area contributed by atoms with Gasteiger partial charge >= 0.3 is 24.1 Å². The largest absolute Gasteiger partial charge is 0.778 e. The molecule has 1 aliphatic rings. The molecule has 3 atom stereocenters. The van der Waals surface area contributed by atoms with E-state index >= 15 is 0 Å². The Labute approximate surface area is 478 Å². The number of anilines is 2. The number of benzene rings is 4. The van der Waals surface area contributed by atoms with E-state index in [9.17, 15) is 56.7 Å². The maximum Gasteiger partial charge on any atom is 0.416 e. The van der Waals surface area contributed by atoms with Crippen LogP contribution < -0.4 is 29.5 Å². The van der Waals surface area contributed by atoms with Crippen molar-refractivity contribution < 1.29 is 85.2 Å². The fourth-order valence-corrected chi connectivity index (χ4v) is 7.24. The van der Waals surface area contributed by atoms with Crippen molar-refractivity contribution in [3.8, 4) is 17.2 Å². The Morgan fingerprint density at radius 1 is 1.00 bits per heavy atom. The molecule has 0 saturated heterocycles. The van der Waals surface area contributed by atoms with Gasteiger partial charge in [0.2, 0.25) is 5.91 Å². The summed E-state index contributed by atoms with van der Waals surface area (Å²) in [5.41, 5.74) is 1.68. The maximum absolute atomic E-state index is 12.8. The van der Waals surface area contributed by atoms with Crippen LogP contribution in [0.4, 0.5) is 30.2 Å². The summed E-state index contributed by atoms with van der Waals surface area (Å²) in [7, 11) is -3.71. The maximum atomic E-state index is 12.8. The van der Waals surface area contributed by atoms with E-state index in [1.807, 2.05) is 68.6 Å². The van der Waals surface area contributed by atoms with Crippen molar-refractivity contribution in [3.63, 3.8) is 0 Å². The van der Waals surface area contributed by atoms with E-state index in [2.05, 4.69) is 25.7 Å². The predicted molar refractivity (Wildman–Crippen MR) is 296 cm³/mol. The van der Waals surface area contributed by atoms with Gasteiger partial charge in [-0.3, -0.25) is 34.7 Å². The lowest BCUT2D eigenvalue weighted by Gasteiger charge is -2.35. The smallest absolute Gasteiger partial charge is 0.416 e. The number of nitrogens with one attached hydrogen (secondary N) is 1. The Bertz CT molecular complexity index is 2710. The molecular formula is C50H62Cl4F3N4O16PS. The van der Waals surface area contributed by atoms with Crippen molar-refractivity contribution in [2.45, 2.75) is 71.1 Å². The second kappa shape index (κ2) is 35.4. The SMILES string of the molecule is CC1COc2ccccc2N1C(=O)C(Cl)Cl.CCOC(=O)C(C)OC(=O)c1cc(Oc2ccc(C(F)(F)F)cc2Cl)ccc1[N+](=O)[O-].CCOCN(C(=O)CCl)c1c(C)cccc1CC.C[S+](C)C.O=C(O)CNCP(=O)([O-])O. The third-order valence-electron chi connectivity index (χ3n) is 9.64. The van der Waals surface area contributed by atoms with Crippen LogP contribution in [0.2, 0.25) is 5.02 Å². The Morgan fingerprint density at radius 3 is 2.15 bits per heavy atom. The molecule has 0 radical (unpaired) electrons. The van der Waals surface area contributed by atoms with Crippen molar-refractivity contribution >= 4 is 112 Å². The number of ether oxygens (including phenoxy) is 5. The summed E-state index contributed by atoms with van der Waals surface area (Å²) in [5, 5.41) is 20.8. The van der Waals surface area contributed by atoms with Gasteiger partial charge in [-0.05, 0) is 99.5 Å². The molecule has 1 heterocycles. The van der Waals surface area contributed by atoms with Crippen LogP contribution in [-0.4, -0.2) is 126 Å². The molecule has 438 valence electrons. The molecule has 4 aromatic rings. The number of esters is 2. The van der Waals surface area contributed by atoms with Gasteiger partial charge in [0.25, 0.3) is 11.6 Å². The number of nitro benzene ring substituents is 1. The highest BCUT2D eigenvalue weighted by atomic mass is 35.5. The molecule has 20 nitrogen and oxygen atoms in total.